The van der Waals surface area contributed by atoms with Crippen molar-refractivity contribution < 1.29 is 30.6 Å². The van der Waals surface area contributed by atoms with E-state index in [4.69, 9.17) is 36.5 Å². The second-order valence-electron chi connectivity index (χ2n) is 2.83. The Bertz CT molecular complexity index is 143. The van der Waals surface area contributed by atoms with Crippen molar-refractivity contribution in [1.29, 1.82) is 0 Å². The van der Waals surface area contributed by atoms with Crippen LogP contribution in [0.3, 0.4) is 0 Å². The smallest absolute Gasteiger partial charge is 0.145 e. The molecule has 0 aromatic rings. The lowest BCUT2D eigenvalue weighted by molar-refractivity contribution is -0.145. The molecule has 0 heterocycles. The van der Waals surface area contributed by atoms with Gasteiger partial charge < -0.3 is 30.6 Å². The van der Waals surface area contributed by atoms with Gasteiger partial charge in [-0.15, -0.1) is 0 Å². The van der Waals surface area contributed by atoms with Crippen LogP contribution in [0.2, 0.25) is 0 Å². The van der Waals surface area contributed by atoms with Crippen molar-refractivity contribution in [1.82, 2.24) is 5.43 Å². The third-order valence-electron chi connectivity index (χ3n) is 1.78. The summed E-state index contributed by atoms with van der Waals surface area (Å²) in [6.45, 7) is -0.781. The Balaban J connectivity index is 4.22. The van der Waals surface area contributed by atoms with Gasteiger partial charge in [0.25, 0.3) is 0 Å². The molecule has 0 saturated heterocycles. The summed E-state index contributed by atoms with van der Waals surface area (Å²) in [5.41, 5.74) is 1.75. The van der Waals surface area contributed by atoms with Gasteiger partial charge in [0, 0.05) is 0 Å². The lowest BCUT2D eigenvalue weighted by atomic mass is 10.0. The van der Waals surface area contributed by atoms with Crippen LogP contribution in [0.25, 0.3) is 0 Å². The average molecular weight is 212 g/mol. The molecular weight excluding hydrogens is 196 g/mol. The van der Waals surface area contributed by atoms with Gasteiger partial charge in [0.1, 0.15) is 30.6 Å². The Morgan fingerprint density at radius 1 is 0.929 bits per heavy atom. The third kappa shape index (κ3) is 3.44. The second-order valence-corrected chi connectivity index (χ2v) is 2.83. The van der Waals surface area contributed by atoms with Gasteiger partial charge in [0.15, 0.2) is 0 Å². The first kappa shape index (κ1) is 13.7. The average Bonchev–Trinajstić information content (AvgIpc) is 2.23. The molecule has 1 unspecified atom stereocenters. The maximum absolute atomic E-state index is 9.16. The molecule has 9 N–H and O–H groups in total. The first-order valence-corrected chi connectivity index (χ1v) is 3.93. The minimum absolute atomic E-state index is 0.781. The zero-order valence-electron chi connectivity index (χ0n) is 7.35. The van der Waals surface area contributed by atoms with Gasteiger partial charge in [-0.1, -0.05) is 0 Å². The standard InChI is InChI=1S/C6H16N2O6/c7-8-6(14)5(13)4(12)3(11)2(10)1-9/h2-6,8-14H,1,7H2/t2-,3-,4+,5-,6?/m1/s1. The predicted molar refractivity (Wildman–Crippen MR) is 44.4 cm³/mol. The molecule has 0 aliphatic carbocycles. The molecule has 0 aliphatic rings. The molecule has 0 radical (unpaired) electrons. The summed E-state index contributed by atoms with van der Waals surface area (Å²) in [5.74, 6) is 4.75. The second kappa shape index (κ2) is 6.22. The molecular formula is C6H16N2O6. The van der Waals surface area contributed by atoms with Crippen molar-refractivity contribution in [3.05, 3.63) is 0 Å². The van der Waals surface area contributed by atoms with Crippen LogP contribution in [0.4, 0.5) is 0 Å². The Labute approximate surface area is 80.2 Å². The van der Waals surface area contributed by atoms with Gasteiger partial charge >= 0.3 is 0 Å². The van der Waals surface area contributed by atoms with Crippen LogP contribution in [0.1, 0.15) is 0 Å². The highest BCUT2D eigenvalue weighted by atomic mass is 16.4. The van der Waals surface area contributed by atoms with E-state index < -0.39 is 37.3 Å². The Hall–Kier alpha value is -0.320. The molecule has 0 bridgehead atoms. The van der Waals surface area contributed by atoms with E-state index >= 15 is 0 Å². The summed E-state index contributed by atoms with van der Waals surface area (Å²) in [6.07, 6.45) is -8.65. The summed E-state index contributed by atoms with van der Waals surface area (Å²) in [6, 6.07) is 0. The Kier molecular flexibility index (Phi) is 6.08. The maximum atomic E-state index is 9.16. The molecule has 0 aromatic heterocycles. The molecule has 0 aromatic carbocycles. The van der Waals surface area contributed by atoms with E-state index in [9.17, 15) is 0 Å². The fourth-order valence-electron chi connectivity index (χ4n) is 0.823. The summed E-state index contributed by atoms with van der Waals surface area (Å²) >= 11 is 0. The zero-order valence-corrected chi connectivity index (χ0v) is 7.35. The molecule has 0 fully saturated rings. The number of hydrazine groups is 1. The molecule has 8 nitrogen and oxygen atoms in total. The highest BCUT2D eigenvalue weighted by Gasteiger charge is 2.33. The molecule has 0 spiro atoms. The Morgan fingerprint density at radius 3 is 1.79 bits per heavy atom. The number of hydrogen-bond acceptors (Lipinski definition) is 8. The molecule has 0 amide bonds. The first-order chi connectivity index (χ1) is 6.45. The van der Waals surface area contributed by atoms with E-state index in [2.05, 4.69) is 0 Å². The van der Waals surface area contributed by atoms with Crippen LogP contribution in [0.15, 0.2) is 0 Å². The van der Waals surface area contributed by atoms with Gasteiger partial charge in [0.05, 0.1) is 6.61 Å². The third-order valence-corrected chi connectivity index (χ3v) is 1.78. The van der Waals surface area contributed by atoms with Crippen molar-refractivity contribution in [2.45, 2.75) is 30.6 Å². The molecule has 5 atom stereocenters. The van der Waals surface area contributed by atoms with Crippen LogP contribution in [-0.4, -0.2) is 67.9 Å². The van der Waals surface area contributed by atoms with Gasteiger partial charge in [-0.05, 0) is 0 Å². The Morgan fingerprint density at radius 2 is 1.43 bits per heavy atom. The molecule has 86 valence electrons. The van der Waals surface area contributed by atoms with Crippen molar-refractivity contribution in [2.75, 3.05) is 6.61 Å². The normalized spacial score (nSPS) is 22.5. The number of aliphatic hydroxyl groups is 6. The SMILES string of the molecule is NNC(O)[C@H](O)[C@@H](O)[C@H](O)[C@H](O)CO. The lowest BCUT2D eigenvalue weighted by Gasteiger charge is -2.27. The molecule has 0 aliphatic heterocycles. The highest BCUT2D eigenvalue weighted by Crippen LogP contribution is 2.06. The van der Waals surface area contributed by atoms with Crippen LogP contribution < -0.4 is 11.3 Å². The molecule has 0 saturated carbocycles. The summed E-state index contributed by atoms with van der Waals surface area (Å²) in [7, 11) is 0. The van der Waals surface area contributed by atoms with Gasteiger partial charge in [-0.2, -0.15) is 0 Å². The van der Waals surface area contributed by atoms with E-state index in [1.165, 1.54) is 0 Å². The first-order valence-electron chi connectivity index (χ1n) is 3.93. The highest BCUT2D eigenvalue weighted by molar-refractivity contribution is 4.82. The largest absolute Gasteiger partial charge is 0.394 e. The summed E-state index contributed by atoms with van der Waals surface area (Å²) in [5, 5.41) is 53.6. The topological polar surface area (TPSA) is 159 Å². The molecule has 14 heavy (non-hydrogen) atoms. The van der Waals surface area contributed by atoms with Crippen molar-refractivity contribution in [3.8, 4) is 0 Å². The van der Waals surface area contributed by atoms with E-state index in [0.29, 0.717) is 0 Å². The van der Waals surface area contributed by atoms with Gasteiger partial charge in [-0.3, -0.25) is 5.84 Å². The number of nitrogens with one attached hydrogen (secondary N) is 1. The number of nitrogens with two attached hydrogens (primary N) is 1. The van der Waals surface area contributed by atoms with Crippen molar-refractivity contribution in [3.63, 3.8) is 0 Å². The van der Waals surface area contributed by atoms with Gasteiger partial charge in [-0.25, -0.2) is 5.43 Å². The minimum atomic E-state index is -1.83. The van der Waals surface area contributed by atoms with Crippen molar-refractivity contribution in [2.24, 2.45) is 5.84 Å². The lowest BCUT2D eigenvalue weighted by Crippen LogP contribution is -2.55. The number of hydrogen-bond donors (Lipinski definition) is 8. The molecule has 0 rings (SSSR count). The fourth-order valence-corrected chi connectivity index (χ4v) is 0.823. The minimum Gasteiger partial charge on any atom is -0.394 e. The van der Waals surface area contributed by atoms with E-state index in [1.54, 1.807) is 5.43 Å². The van der Waals surface area contributed by atoms with E-state index in [1.807, 2.05) is 0 Å². The number of rotatable bonds is 6. The molecule has 8 heteroatoms. The van der Waals surface area contributed by atoms with Crippen molar-refractivity contribution >= 4 is 0 Å². The van der Waals surface area contributed by atoms with Crippen LogP contribution in [0, 0.1) is 0 Å². The monoisotopic (exact) mass is 212 g/mol. The quantitative estimate of drug-likeness (QED) is 0.124. The van der Waals surface area contributed by atoms with Crippen LogP contribution in [0.5, 0.6) is 0 Å². The van der Waals surface area contributed by atoms with Crippen LogP contribution >= 0.6 is 0 Å². The maximum Gasteiger partial charge on any atom is 0.145 e. The van der Waals surface area contributed by atoms with E-state index in [-0.39, 0.29) is 0 Å². The van der Waals surface area contributed by atoms with Crippen LogP contribution in [-0.2, 0) is 0 Å². The number of aliphatic hydroxyl groups excluding tert-OH is 6. The fraction of sp³-hybridized carbons (Fsp3) is 1.00. The van der Waals surface area contributed by atoms with E-state index in [0.717, 1.165) is 0 Å². The summed E-state index contributed by atoms with van der Waals surface area (Å²) in [4.78, 5) is 0. The zero-order chi connectivity index (χ0) is 11.3. The predicted octanol–water partition coefficient (Wildman–Crippen LogP) is -4.80. The summed E-state index contributed by atoms with van der Waals surface area (Å²) < 4.78 is 0. The van der Waals surface area contributed by atoms with Gasteiger partial charge in [0.2, 0.25) is 0 Å².